The van der Waals surface area contributed by atoms with E-state index in [0.29, 0.717) is 18.8 Å². The van der Waals surface area contributed by atoms with Crippen LogP contribution in [0, 0.1) is 5.41 Å². The minimum absolute atomic E-state index is 0.0660. The molecule has 31 heavy (non-hydrogen) atoms. The number of nitrogens with zero attached hydrogens (tertiary/aromatic N) is 1. The van der Waals surface area contributed by atoms with Gasteiger partial charge in [-0.1, -0.05) is 54.6 Å². The zero-order valence-electron chi connectivity index (χ0n) is 17.2. The van der Waals surface area contributed by atoms with Crippen molar-refractivity contribution in [1.29, 1.82) is 5.41 Å². The third-order valence-electron chi connectivity index (χ3n) is 5.22. The molecule has 0 saturated heterocycles. The lowest BCUT2D eigenvalue weighted by molar-refractivity contribution is -0.134. The monoisotopic (exact) mass is 412 g/mol. The van der Waals surface area contributed by atoms with Gasteiger partial charge < -0.3 is 19.5 Å². The van der Waals surface area contributed by atoms with Gasteiger partial charge in [0, 0.05) is 23.7 Å². The standard InChI is InChI=1S/C26H24N2O3/c27-17-21-12-13-25(24-11-5-4-10-23(21)24)31-19-26(29)28(18-22-9-6-16-30-22)15-14-20-7-2-1-3-8-20/h1-13,16-17,27H,14-15,18-19H2. The Morgan fingerprint density at radius 3 is 2.45 bits per heavy atom. The van der Waals surface area contributed by atoms with Crippen molar-refractivity contribution in [2.24, 2.45) is 0 Å². The van der Waals surface area contributed by atoms with Crippen LogP contribution in [0.25, 0.3) is 10.8 Å². The number of carbonyl (C=O) groups excluding carboxylic acids is 1. The first-order valence-corrected chi connectivity index (χ1v) is 10.2. The molecule has 1 aromatic heterocycles. The Balaban J connectivity index is 1.48. The van der Waals surface area contributed by atoms with Gasteiger partial charge in [0.05, 0.1) is 12.8 Å². The maximum absolute atomic E-state index is 13.0. The van der Waals surface area contributed by atoms with Crippen molar-refractivity contribution in [2.45, 2.75) is 13.0 Å². The summed E-state index contributed by atoms with van der Waals surface area (Å²) in [4.78, 5) is 14.8. The van der Waals surface area contributed by atoms with E-state index in [4.69, 9.17) is 14.6 Å². The van der Waals surface area contributed by atoms with Crippen LogP contribution in [0.4, 0.5) is 0 Å². The van der Waals surface area contributed by atoms with Crippen LogP contribution in [0.15, 0.2) is 89.5 Å². The average molecular weight is 412 g/mol. The van der Waals surface area contributed by atoms with E-state index in [1.165, 1.54) is 11.8 Å². The molecule has 4 aromatic rings. The van der Waals surface area contributed by atoms with Gasteiger partial charge in [0.1, 0.15) is 11.5 Å². The van der Waals surface area contributed by atoms with Crippen LogP contribution in [0.2, 0.25) is 0 Å². The van der Waals surface area contributed by atoms with Gasteiger partial charge in [0.25, 0.3) is 5.91 Å². The van der Waals surface area contributed by atoms with Crippen molar-refractivity contribution in [3.8, 4) is 5.75 Å². The maximum atomic E-state index is 13.0. The molecule has 0 unspecified atom stereocenters. The fraction of sp³-hybridized carbons (Fsp3) is 0.154. The smallest absolute Gasteiger partial charge is 0.260 e. The summed E-state index contributed by atoms with van der Waals surface area (Å²) in [6.07, 6.45) is 3.69. The number of ether oxygens (including phenoxy) is 1. The highest BCUT2D eigenvalue weighted by molar-refractivity contribution is 6.01. The van der Waals surface area contributed by atoms with Crippen LogP contribution in [0.5, 0.6) is 5.75 Å². The number of benzene rings is 3. The van der Waals surface area contributed by atoms with Gasteiger partial charge in [-0.25, -0.2) is 0 Å². The molecule has 0 spiro atoms. The molecule has 1 heterocycles. The molecule has 0 atom stereocenters. The van der Waals surface area contributed by atoms with Crippen molar-refractivity contribution in [3.63, 3.8) is 0 Å². The lowest BCUT2D eigenvalue weighted by Gasteiger charge is -2.22. The number of carbonyl (C=O) groups is 1. The maximum Gasteiger partial charge on any atom is 0.260 e. The Morgan fingerprint density at radius 1 is 0.935 bits per heavy atom. The minimum Gasteiger partial charge on any atom is -0.483 e. The molecular formula is C26H24N2O3. The predicted octanol–water partition coefficient (Wildman–Crippen LogP) is 5.08. The van der Waals surface area contributed by atoms with Gasteiger partial charge in [-0.2, -0.15) is 0 Å². The molecule has 0 aliphatic carbocycles. The van der Waals surface area contributed by atoms with Crippen LogP contribution in [-0.2, 0) is 17.8 Å². The van der Waals surface area contributed by atoms with Crippen LogP contribution in [0.1, 0.15) is 16.9 Å². The first kappa shape index (κ1) is 20.4. The van der Waals surface area contributed by atoms with Crippen molar-refractivity contribution < 1.29 is 13.9 Å². The summed E-state index contributed by atoms with van der Waals surface area (Å²) >= 11 is 0. The summed E-state index contributed by atoms with van der Waals surface area (Å²) in [7, 11) is 0. The molecule has 3 aromatic carbocycles. The van der Waals surface area contributed by atoms with Gasteiger partial charge >= 0.3 is 0 Å². The van der Waals surface area contributed by atoms with Gasteiger partial charge in [-0.3, -0.25) is 4.79 Å². The molecule has 4 rings (SSSR count). The van der Waals surface area contributed by atoms with Crippen LogP contribution in [0.3, 0.4) is 0 Å². The topological polar surface area (TPSA) is 66.5 Å². The Hall–Kier alpha value is -3.86. The third kappa shape index (κ3) is 5.01. The second-order valence-corrected chi connectivity index (χ2v) is 7.26. The molecule has 0 aliphatic heterocycles. The summed E-state index contributed by atoms with van der Waals surface area (Å²) < 4.78 is 11.4. The molecule has 1 amide bonds. The second kappa shape index (κ2) is 9.76. The Labute approximate surface area is 181 Å². The fourth-order valence-corrected chi connectivity index (χ4v) is 3.57. The van der Waals surface area contributed by atoms with Gasteiger partial charge in [-0.15, -0.1) is 0 Å². The molecule has 0 bridgehead atoms. The van der Waals surface area contributed by atoms with Crippen molar-refractivity contribution in [2.75, 3.05) is 13.2 Å². The zero-order valence-corrected chi connectivity index (χ0v) is 17.2. The first-order chi connectivity index (χ1) is 15.2. The number of amides is 1. The second-order valence-electron chi connectivity index (χ2n) is 7.26. The Kier molecular flexibility index (Phi) is 6.43. The molecular weight excluding hydrogens is 388 g/mol. The Bertz CT molecular complexity index is 1150. The summed E-state index contributed by atoms with van der Waals surface area (Å²) in [5, 5.41) is 9.41. The fourth-order valence-electron chi connectivity index (χ4n) is 3.57. The highest BCUT2D eigenvalue weighted by Crippen LogP contribution is 2.28. The lowest BCUT2D eigenvalue weighted by atomic mass is 10.0. The molecule has 0 aliphatic rings. The molecule has 0 radical (unpaired) electrons. The molecule has 0 saturated carbocycles. The number of rotatable bonds is 9. The van der Waals surface area contributed by atoms with Crippen LogP contribution >= 0.6 is 0 Å². The quantitative estimate of drug-likeness (QED) is 0.390. The normalized spacial score (nSPS) is 10.7. The summed E-state index contributed by atoms with van der Waals surface area (Å²) in [5.74, 6) is 1.27. The molecule has 0 fully saturated rings. The van der Waals surface area contributed by atoms with Crippen molar-refractivity contribution >= 4 is 22.9 Å². The molecule has 1 N–H and O–H groups in total. The van der Waals surface area contributed by atoms with E-state index >= 15 is 0 Å². The lowest BCUT2D eigenvalue weighted by Crippen LogP contribution is -2.36. The van der Waals surface area contributed by atoms with E-state index in [-0.39, 0.29) is 12.5 Å². The van der Waals surface area contributed by atoms with Gasteiger partial charge in [0.15, 0.2) is 6.61 Å². The zero-order chi connectivity index (χ0) is 21.5. The van der Waals surface area contributed by atoms with E-state index in [1.807, 2.05) is 66.7 Å². The highest BCUT2D eigenvalue weighted by atomic mass is 16.5. The van der Waals surface area contributed by atoms with E-state index in [1.54, 1.807) is 11.2 Å². The number of hydrogen-bond acceptors (Lipinski definition) is 4. The first-order valence-electron chi connectivity index (χ1n) is 10.2. The van der Waals surface area contributed by atoms with Crippen LogP contribution in [-0.4, -0.2) is 30.2 Å². The number of nitrogens with one attached hydrogen (secondary N) is 1. The summed E-state index contributed by atoms with van der Waals surface area (Å²) in [6.45, 7) is 0.902. The van der Waals surface area contributed by atoms with E-state index in [2.05, 4.69) is 12.1 Å². The highest BCUT2D eigenvalue weighted by Gasteiger charge is 2.17. The van der Waals surface area contributed by atoms with E-state index in [9.17, 15) is 4.79 Å². The van der Waals surface area contributed by atoms with Crippen LogP contribution < -0.4 is 4.74 Å². The van der Waals surface area contributed by atoms with Crippen molar-refractivity contribution in [3.05, 3.63) is 102 Å². The van der Waals surface area contributed by atoms with E-state index < -0.39 is 0 Å². The summed E-state index contributed by atoms with van der Waals surface area (Å²) in [5.41, 5.74) is 1.99. The van der Waals surface area contributed by atoms with E-state index in [0.717, 1.165) is 28.5 Å². The number of fused-ring (bicyclic) bond motifs is 1. The predicted molar refractivity (Wildman–Crippen MR) is 122 cm³/mol. The minimum atomic E-state index is -0.104. The largest absolute Gasteiger partial charge is 0.483 e. The van der Waals surface area contributed by atoms with Gasteiger partial charge in [-0.05, 0) is 41.6 Å². The third-order valence-corrected chi connectivity index (χ3v) is 5.22. The molecule has 5 heteroatoms. The van der Waals surface area contributed by atoms with Gasteiger partial charge in [0.2, 0.25) is 0 Å². The van der Waals surface area contributed by atoms with Crippen molar-refractivity contribution in [1.82, 2.24) is 4.90 Å². The molecule has 5 nitrogen and oxygen atoms in total. The summed E-state index contributed by atoms with van der Waals surface area (Å²) in [6, 6.07) is 25.2. The SMILES string of the molecule is N=Cc1ccc(OCC(=O)N(CCc2ccccc2)Cc2ccco2)c2ccccc12. The molecule has 156 valence electrons. The Morgan fingerprint density at radius 2 is 1.71 bits per heavy atom. The number of furan rings is 1. The number of hydrogen-bond donors (Lipinski definition) is 1. The average Bonchev–Trinajstić information content (AvgIpc) is 3.34.